The number of aliphatic carboxylic acids is 1. The first-order chi connectivity index (χ1) is 11.5. The second-order valence-electron chi connectivity index (χ2n) is 5.86. The number of hydrogen-bond acceptors (Lipinski definition) is 6. The van der Waals surface area contributed by atoms with Crippen LogP contribution >= 0.6 is 0 Å². The molecule has 0 saturated carbocycles. The lowest BCUT2D eigenvalue weighted by molar-refractivity contribution is -0.143. The molecule has 0 spiro atoms. The number of primary amides is 1. The van der Waals surface area contributed by atoms with Crippen LogP contribution in [0.15, 0.2) is 0 Å². The summed E-state index contributed by atoms with van der Waals surface area (Å²) < 4.78 is 0. The SMILES string of the molecule is CC(C)CC(N)C(=O)NCC(=O)NCC(=O)NC(CC(N)=O)C(=O)O. The third-order valence-electron chi connectivity index (χ3n) is 2.97. The Hall–Kier alpha value is -2.69. The molecule has 142 valence electrons. The minimum atomic E-state index is -1.48. The van der Waals surface area contributed by atoms with Crippen LogP contribution in [-0.2, 0) is 24.0 Å². The van der Waals surface area contributed by atoms with Crippen molar-refractivity contribution in [3.05, 3.63) is 0 Å². The van der Waals surface area contributed by atoms with Crippen molar-refractivity contribution in [3.8, 4) is 0 Å². The van der Waals surface area contributed by atoms with Gasteiger partial charge in [-0.05, 0) is 12.3 Å². The van der Waals surface area contributed by atoms with Gasteiger partial charge in [-0.3, -0.25) is 19.2 Å². The molecule has 0 aromatic heterocycles. The van der Waals surface area contributed by atoms with Crippen molar-refractivity contribution in [2.45, 2.75) is 38.8 Å². The minimum absolute atomic E-state index is 0.223. The summed E-state index contributed by atoms with van der Waals surface area (Å²) in [6.07, 6.45) is -0.106. The fourth-order valence-electron chi connectivity index (χ4n) is 1.80. The van der Waals surface area contributed by atoms with E-state index in [0.29, 0.717) is 6.42 Å². The quantitative estimate of drug-likeness (QED) is 0.227. The molecule has 25 heavy (non-hydrogen) atoms. The van der Waals surface area contributed by atoms with Crippen LogP contribution < -0.4 is 27.4 Å². The predicted molar refractivity (Wildman–Crippen MR) is 86.8 cm³/mol. The van der Waals surface area contributed by atoms with E-state index >= 15 is 0 Å². The summed E-state index contributed by atoms with van der Waals surface area (Å²) in [5, 5.41) is 15.4. The number of nitrogens with one attached hydrogen (secondary N) is 3. The Morgan fingerprint density at radius 2 is 1.56 bits per heavy atom. The van der Waals surface area contributed by atoms with E-state index in [2.05, 4.69) is 10.6 Å². The van der Waals surface area contributed by atoms with Crippen molar-refractivity contribution in [1.29, 1.82) is 0 Å². The number of hydrogen-bond donors (Lipinski definition) is 6. The molecule has 11 nitrogen and oxygen atoms in total. The molecule has 0 heterocycles. The van der Waals surface area contributed by atoms with Crippen molar-refractivity contribution < 1.29 is 29.1 Å². The van der Waals surface area contributed by atoms with Crippen LogP contribution in [0.1, 0.15) is 26.7 Å². The van der Waals surface area contributed by atoms with Crippen LogP contribution in [0, 0.1) is 5.92 Å². The first kappa shape index (κ1) is 22.3. The monoisotopic (exact) mass is 359 g/mol. The molecule has 0 fully saturated rings. The summed E-state index contributed by atoms with van der Waals surface area (Å²) in [5.74, 6) is -4.05. The maximum Gasteiger partial charge on any atom is 0.326 e. The number of carboxylic acids is 1. The van der Waals surface area contributed by atoms with E-state index in [1.165, 1.54) is 0 Å². The molecule has 0 aromatic rings. The van der Waals surface area contributed by atoms with Gasteiger partial charge in [0.15, 0.2) is 0 Å². The van der Waals surface area contributed by atoms with Gasteiger partial charge in [-0.25, -0.2) is 4.79 Å². The van der Waals surface area contributed by atoms with E-state index < -0.39 is 54.6 Å². The van der Waals surface area contributed by atoms with Gasteiger partial charge >= 0.3 is 5.97 Å². The number of carbonyl (C=O) groups is 5. The van der Waals surface area contributed by atoms with Gasteiger partial charge in [0.2, 0.25) is 23.6 Å². The molecule has 0 radical (unpaired) electrons. The highest BCUT2D eigenvalue weighted by atomic mass is 16.4. The van der Waals surface area contributed by atoms with Gasteiger partial charge in [0.1, 0.15) is 6.04 Å². The van der Waals surface area contributed by atoms with Gasteiger partial charge in [0.05, 0.1) is 25.6 Å². The van der Waals surface area contributed by atoms with Crippen LogP contribution in [0.25, 0.3) is 0 Å². The Morgan fingerprint density at radius 3 is 2.04 bits per heavy atom. The Morgan fingerprint density at radius 1 is 1.00 bits per heavy atom. The number of amides is 4. The van der Waals surface area contributed by atoms with Crippen LogP contribution in [0.3, 0.4) is 0 Å². The molecule has 0 aliphatic rings. The molecule has 0 aromatic carbocycles. The second kappa shape index (κ2) is 11.0. The van der Waals surface area contributed by atoms with Gasteiger partial charge in [-0.2, -0.15) is 0 Å². The van der Waals surface area contributed by atoms with E-state index in [1.54, 1.807) is 0 Å². The van der Waals surface area contributed by atoms with Gasteiger partial charge in [0, 0.05) is 0 Å². The normalized spacial score (nSPS) is 12.8. The smallest absolute Gasteiger partial charge is 0.326 e. The molecule has 2 atom stereocenters. The van der Waals surface area contributed by atoms with Gasteiger partial charge in [-0.15, -0.1) is 0 Å². The Balaban J connectivity index is 4.19. The van der Waals surface area contributed by atoms with E-state index in [-0.39, 0.29) is 12.5 Å². The minimum Gasteiger partial charge on any atom is -0.480 e. The summed E-state index contributed by atoms with van der Waals surface area (Å²) >= 11 is 0. The maximum absolute atomic E-state index is 11.6. The van der Waals surface area contributed by atoms with Crippen LogP contribution in [-0.4, -0.2) is 59.9 Å². The number of rotatable bonds is 11. The molecule has 0 rings (SSSR count). The standard InChI is InChI=1S/C14H25N5O6/c1-7(2)3-8(15)13(23)18-5-11(21)17-6-12(22)19-9(14(24)25)4-10(16)20/h7-9H,3-6,15H2,1-2H3,(H2,16,20)(H,17,21)(H,18,23)(H,19,22)(H,24,25). The molecule has 0 bridgehead atoms. The van der Waals surface area contributed by atoms with E-state index in [1.807, 2.05) is 19.2 Å². The molecule has 2 unspecified atom stereocenters. The van der Waals surface area contributed by atoms with Crippen molar-refractivity contribution in [2.24, 2.45) is 17.4 Å². The zero-order chi connectivity index (χ0) is 19.6. The molecule has 11 heteroatoms. The molecule has 4 amide bonds. The second-order valence-corrected chi connectivity index (χ2v) is 5.86. The van der Waals surface area contributed by atoms with Crippen molar-refractivity contribution in [1.82, 2.24) is 16.0 Å². The third-order valence-corrected chi connectivity index (χ3v) is 2.97. The van der Waals surface area contributed by atoms with Crippen LogP contribution in [0.4, 0.5) is 0 Å². The fraction of sp³-hybridized carbons (Fsp3) is 0.643. The third kappa shape index (κ3) is 10.7. The van der Waals surface area contributed by atoms with Gasteiger partial charge in [0.25, 0.3) is 0 Å². The number of carbonyl (C=O) groups excluding carboxylic acids is 4. The molecular formula is C14H25N5O6. The molecule has 0 aliphatic heterocycles. The lowest BCUT2D eigenvalue weighted by Gasteiger charge is -2.15. The summed E-state index contributed by atoms with van der Waals surface area (Å²) in [5.41, 5.74) is 10.5. The van der Waals surface area contributed by atoms with E-state index in [0.717, 1.165) is 0 Å². The van der Waals surface area contributed by atoms with Crippen molar-refractivity contribution in [3.63, 3.8) is 0 Å². The lowest BCUT2D eigenvalue weighted by atomic mass is 10.0. The summed E-state index contributed by atoms with van der Waals surface area (Å²) in [4.78, 5) is 56.3. The van der Waals surface area contributed by atoms with Crippen LogP contribution in [0.5, 0.6) is 0 Å². The highest BCUT2D eigenvalue weighted by Crippen LogP contribution is 2.02. The number of carboxylic acid groups (broad SMARTS) is 1. The van der Waals surface area contributed by atoms with Crippen LogP contribution in [0.2, 0.25) is 0 Å². The predicted octanol–water partition coefficient (Wildman–Crippen LogP) is -2.96. The topological polar surface area (TPSA) is 194 Å². The highest BCUT2D eigenvalue weighted by molar-refractivity contribution is 5.91. The molecule has 8 N–H and O–H groups in total. The zero-order valence-electron chi connectivity index (χ0n) is 14.2. The molecule has 0 aliphatic carbocycles. The average molecular weight is 359 g/mol. The van der Waals surface area contributed by atoms with E-state index in [4.69, 9.17) is 16.6 Å². The average Bonchev–Trinajstić information content (AvgIpc) is 2.48. The first-order valence-electron chi connectivity index (χ1n) is 7.63. The first-order valence-corrected chi connectivity index (χ1v) is 7.63. The molecular weight excluding hydrogens is 334 g/mol. The summed E-state index contributed by atoms with van der Waals surface area (Å²) in [6, 6.07) is -2.21. The van der Waals surface area contributed by atoms with E-state index in [9.17, 15) is 24.0 Å². The van der Waals surface area contributed by atoms with Gasteiger partial charge in [-0.1, -0.05) is 13.8 Å². The highest BCUT2D eigenvalue weighted by Gasteiger charge is 2.22. The van der Waals surface area contributed by atoms with Crippen molar-refractivity contribution in [2.75, 3.05) is 13.1 Å². The zero-order valence-corrected chi connectivity index (χ0v) is 14.2. The Labute approximate surface area is 144 Å². The number of nitrogens with two attached hydrogens (primary N) is 2. The molecule has 0 saturated heterocycles. The fourth-order valence-corrected chi connectivity index (χ4v) is 1.80. The maximum atomic E-state index is 11.6. The summed E-state index contributed by atoms with van der Waals surface area (Å²) in [7, 11) is 0. The lowest BCUT2D eigenvalue weighted by Crippen LogP contribution is -2.49. The van der Waals surface area contributed by atoms with Gasteiger partial charge < -0.3 is 32.5 Å². The van der Waals surface area contributed by atoms with Crippen molar-refractivity contribution >= 4 is 29.6 Å². The summed E-state index contributed by atoms with van der Waals surface area (Å²) in [6.45, 7) is 2.92. The largest absolute Gasteiger partial charge is 0.480 e. The Kier molecular flexibility index (Phi) is 9.79. The Bertz CT molecular complexity index is 522.